The zero-order chi connectivity index (χ0) is 13.2. The van der Waals surface area contributed by atoms with E-state index in [0.29, 0.717) is 6.61 Å². The van der Waals surface area contributed by atoms with Crippen molar-refractivity contribution >= 4 is 11.9 Å². The molecule has 0 aliphatic carbocycles. The molecule has 0 heterocycles. The van der Waals surface area contributed by atoms with Crippen molar-refractivity contribution in [2.45, 2.75) is 12.8 Å². The molecule has 0 bridgehead atoms. The van der Waals surface area contributed by atoms with Gasteiger partial charge < -0.3 is 9.47 Å². The standard InChI is InChI=1S/C14H16O4/c1-17-13(15)9-10-14(16)18-11-5-8-12-6-3-2-4-7-12/h2-4,6-7,9-10H,5,8,11H2,1H3/b10-9+. The number of aryl methyl sites for hydroxylation is 1. The molecule has 0 aromatic heterocycles. The van der Waals surface area contributed by atoms with Crippen molar-refractivity contribution in [3.63, 3.8) is 0 Å². The van der Waals surface area contributed by atoms with Gasteiger partial charge in [-0.1, -0.05) is 30.3 Å². The minimum Gasteiger partial charge on any atom is -0.466 e. The number of carbonyl (C=O) groups excluding carboxylic acids is 2. The molecular formula is C14H16O4. The minimum atomic E-state index is -0.573. The number of benzene rings is 1. The lowest BCUT2D eigenvalue weighted by Gasteiger charge is -2.02. The van der Waals surface area contributed by atoms with Crippen LogP contribution in [0.2, 0.25) is 0 Å². The van der Waals surface area contributed by atoms with Crippen LogP contribution in [-0.4, -0.2) is 25.7 Å². The monoisotopic (exact) mass is 248 g/mol. The van der Waals surface area contributed by atoms with E-state index in [4.69, 9.17) is 4.74 Å². The van der Waals surface area contributed by atoms with E-state index < -0.39 is 11.9 Å². The lowest BCUT2D eigenvalue weighted by molar-refractivity contribution is -0.139. The van der Waals surface area contributed by atoms with Gasteiger partial charge in [0.1, 0.15) is 0 Å². The van der Waals surface area contributed by atoms with Crippen molar-refractivity contribution in [1.82, 2.24) is 0 Å². The Morgan fingerprint density at radius 2 is 1.78 bits per heavy atom. The van der Waals surface area contributed by atoms with Gasteiger partial charge in [0.05, 0.1) is 13.7 Å². The number of ether oxygens (including phenoxy) is 2. The summed E-state index contributed by atoms with van der Waals surface area (Å²) in [4.78, 5) is 21.9. The number of carbonyl (C=O) groups is 2. The molecule has 1 aromatic carbocycles. The summed E-state index contributed by atoms with van der Waals surface area (Å²) in [5.41, 5.74) is 1.21. The van der Waals surface area contributed by atoms with Crippen molar-refractivity contribution in [2.75, 3.05) is 13.7 Å². The predicted octanol–water partition coefficient (Wildman–Crippen LogP) is 1.89. The van der Waals surface area contributed by atoms with Gasteiger partial charge in [-0.3, -0.25) is 0 Å². The first-order valence-corrected chi connectivity index (χ1v) is 5.69. The largest absolute Gasteiger partial charge is 0.466 e. The predicted molar refractivity (Wildman–Crippen MR) is 66.9 cm³/mol. The molecule has 0 aliphatic heterocycles. The molecule has 0 N–H and O–H groups in total. The quantitative estimate of drug-likeness (QED) is 0.438. The normalized spacial score (nSPS) is 10.3. The van der Waals surface area contributed by atoms with Crippen LogP contribution < -0.4 is 0 Å². The van der Waals surface area contributed by atoms with Crippen LogP contribution >= 0.6 is 0 Å². The lowest BCUT2D eigenvalue weighted by Crippen LogP contribution is -2.05. The summed E-state index contributed by atoms with van der Waals surface area (Å²) in [5, 5.41) is 0. The van der Waals surface area contributed by atoms with E-state index in [1.54, 1.807) is 0 Å². The fourth-order valence-electron chi connectivity index (χ4n) is 1.35. The van der Waals surface area contributed by atoms with E-state index in [0.717, 1.165) is 25.0 Å². The smallest absolute Gasteiger partial charge is 0.331 e. The van der Waals surface area contributed by atoms with Gasteiger partial charge in [-0.05, 0) is 18.4 Å². The lowest BCUT2D eigenvalue weighted by atomic mass is 10.1. The first-order chi connectivity index (χ1) is 8.72. The highest BCUT2D eigenvalue weighted by Gasteiger charge is 1.99. The Morgan fingerprint density at radius 3 is 2.44 bits per heavy atom. The number of methoxy groups -OCH3 is 1. The maximum Gasteiger partial charge on any atom is 0.331 e. The van der Waals surface area contributed by atoms with Crippen LogP contribution in [0.4, 0.5) is 0 Å². The fourth-order valence-corrected chi connectivity index (χ4v) is 1.35. The van der Waals surface area contributed by atoms with Crippen LogP contribution in [0, 0.1) is 0 Å². The molecule has 0 unspecified atom stereocenters. The topological polar surface area (TPSA) is 52.6 Å². The second-order valence-electron chi connectivity index (χ2n) is 3.61. The summed E-state index contributed by atoms with van der Waals surface area (Å²) < 4.78 is 9.28. The maximum absolute atomic E-state index is 11.2. The SMILES string of the molecule is COC(=O)/C=C/C(=O)OCCCc1ccccc1. The van der Waals surface area contributed by atoms with Crippen LogP contribution in [0.25, 0.3) is 0 Å². The molecule has 4 nitrogen and oxygen atoms in total. The average molecular weight is 248 g/mol. The molecular weight excluding hydrogens is 232 g/mol. The summed E-state index contributed by atoms with van der Waals surface area (Å²) in [7, 11) is 1.25. The van der Waals surface area contributed by atoms with Gasteiger partial charge in [0.15, 0.2) is 0 Å². The highest BCUT2D eigenvalue weighted by molar-refractivity contribution is 5.91. The van der Waals surface area contributed by atoms with E-state index in [-0.39, 0.29) is 0 Å². The maximum atomic E-state index is 11.2. The van der Waals surface area contributed by atoms with Gasteiger partial charge in [-0.2, -0.15) is 0 Å². The second kappa shape index (κ2) is 8.06. The van der Waals surface area contributed by atoms with Gasteiger partial charge >= 0.3 is 11.9 Å². The van der Waals surface area contributed by atoms with Crippen LogP contribution in [0.5, 0.6) is 0 Å². The van der Waals surface area contributed by atoms with E-state index in [1.165, 1.54) is 12.7 Å². The third-order valence-electron chi connectivity index (χ3n) is 2.25. The van der Waals surface area contributed by atoms with Crippen LogP contribution in [0.15, 0.2) is 42.5 Å². The summed E-state index contributed by atoms with van der Waals surface area (Å²) in [6.07, 6.45) is 3.71. The number of hydrogen-bond acceptors (Lipinski definition) is 4. The third kappa shape index (κ3) is 5.84. The van der Waals surface area contributed by atoms with E-state index in [1.807, 2.05) is 30.3 Å². The molecule has 0 aliphatic rings. The van der Waals surface area contributed by atoms with Crippen molar-refractivity contribution in [3.05, 3.63) is 48.0 Å². The molecule has 1 rings (SSSR count). The van der Waals surface area contributed by atoms with Gasteiger partial charge in [-0.25, -0.2) is 9.59 Å². The molecule has 96 valence electrons. The molecule has 0 saturated carbocycles. The summed E-state index contributed by atoms with van der Waals surface area (Å²) >= 11 is 0. The van der Waals surface area contributed by atoms with Crippen molar-refractivity contribution in [2.24, 2.45) is 0 Å². The summed E-state index contributed by atoms with van der Waals surface area (Å²) in [6.45, 7) is 0.333. The average Bonchev–Trinajstić information content (AvgIpc) is 2.42. The number of rotatable bonds is 6. The van der Waals surface area contributed by atoms with E-state index in [2.05, 4.69) is 4.74 Å². The molecule has 18 heavy (non-hydrogen) atoms. The van der Waals surface area contributed by atoms with E-state index in [9.17, 15) is 9.59 Å². The van der Waals surface area contributed by atoms with E-state index >= 15 is 0 Å². The second-order valence-corrected chi connectivity index (χ2v) is 3.61. The Bertz CT molecular complexity index is 409. The Hall–Kier alpha value is -2.10. The van der Waals surface area contributed by atoms with Crippen LogP contribution in [-0.2, 0) is 25.5 Å². The van der Waals surface area contributed by atoms with Crippen molar-refractivity contribution in [3.8, 4) is 0 Å². The van der Waals surface area contributed by atoms with Crippen molar-refractivity contribution in [1.29, 1.82) is 0 Å². The Morgan fingerprint density at radius 1 is 1.11 bits per heavy atom. The molecule has 0 saturated heterocycles. The summed E-state index contributed by atoms with van der Waals surface area (Å²) in [5.74, 6) is -1.11. The van der Waals surface area contributed by atoms with Gasteiger partial charge in [-0.15, -0.1) is 0 Å². The van der Waals surface area contributed by atoms with Gasteiger partial charge in [0.25, 0.3) is 0 Å². The zero-order valence-corrected chi connectivity index (χ0v) is 10.3. The zero-order valence-electron chi connectivity index (χ0n) is 10.3. The highest BCUT2D eigenvalue weighted by Crippen LogP contribution is 2.02. The molecule has 0 amide bonds. The molecule has 0 radical (unpaired) electrons. The molecule has 0 fully saturated rings. The Balaban J connectivity index is 2.16. The van der Waals surface area contributed by atoms with Crippen LogP contribution in [0.1, 0.15) is 12.0 Å². The van der Waals surface area contributed by atoms with Crippen LogP contribution in [0.3, 0.4) is 0 Å². The van der Waals surface area contributed by atoms with Crippen molar-refractivity contribution < 1.29 is 19.1 Å². The molecule has 4 heteroatoms. The number of esters is 2. The fraction of sp³-hybridized carbons (Fsp3) is 0.286. The first-order valence-electron chi connectivity index (χ1n) is 5.69. The third-order valence-corrected chi connectivity index (χ3v) is 2.25. The molecule has 0 spiro atoms. The first kappa shape index (κ1) is 14.0. The van der Waals surface area contributed by atoms with Gasteiger partial charge in [0.2, 0.25) is 0 Å². The molecule has 0 atom stereocenters. The minimum absolute atomic E-state index is 0.333. The highest BCUT2D eigenvalue weighted by atomic mass is 16.5. The number of hydrogen-bond donors (Lipinski definition) is 0. The summed E-state index contributed by atoms with van der Waals surface area (Å²) in [6, 6.07) is 9.96. The Labute approximate surface area is 106 Å². The van der Waals surface area contributed by atoms with Gasteiger partial charge in [0, 0.05) is 12.2 Å². The Kier molecular flexibility index (Phi) is 6.25. The molecule has 1 aromatic rings.